The highest BCUT2D eigenvalue weighted by atomic mass is 16.3. The molecule has 2 aromatic heterocycles. The van der Waals surface area contributed by atoms with E-state index in [9.17, 15) is 14.7 Å². The Balaban J connectivity index is 2.35. The van der Waals surface area contributed by atoms with Gasteiger partial charge in [-0.1, -0.05) is 6.92 Å². The lowest BCUT2D eigenvalue weighted by Crippen LogP contribution is -2.43. The van der Waals surface area contributed by atoms with Gasteiger partial charge in [0.1, 0.15) is 5.39 Å². The molecular formula is C18H26N4O3. The summed E-state index contributed by atoms with van der Waals surface area (Å²) >= 11 is 0. The van der Waals surface area contributed by atoms with Crippen molar-refractivity contribution in [2.75, 3.05) is 18.1 Å². The Bertz CT molecular complexity index is 898. The van der Waals surface area contributed by atoms with Crippen molar-refractivity contribution in [3.63, 3.8) is 0 Å². The second kappa shape index (κ2) is 7.00. The van der Waals surface area contributed by atoms with E-state index in [2.05, 4.69) is 9.88 Å². The first-order valence-electron chi connectivity index (χ1n) is 8.96. The van der Waals surface area contributed by atoms with E-state index < -0.39 is 0 Å². The normalized spacial score (nSPS) is 18.1. The van der Waals surface area contributed by atoms with Crippen molar-refractivity contribution < 1.29 is 5.11 Å². The number of hydrogen-bond acceptors (Lipinski definition) is 5. The Kier molecular flexibility index (Phi) is 4.94. The van der Waals surface area contributed by atoms with Crippen LogP contribution in [0.15, 0.2) is 15.8 Å². The number of aryl methyl sites for hydroxylation is 2. The average molecular weight is 346 g/mol. The molecule has 0 aromatic carbocycles. The van der Waals surface area contributed by atoms with Crippen LogP contribution < -0.4 is 16.1 Å². The molecule has 1 N–H and O–H groups in total. The molecule has 3 heterocycles. The maximum Gasteiger partial charge on any atom is 0.332 e. The third-order valence-electron chi connectivity index (χ3n) is 5.27. The topological polar surface area (TPSA) is 80.4 Å². The van der Waals surface area contributed by atoms with Crippen LogP contribution in [0.5, 0.6) is 0 Å². The molecule has 0 saturated carbocycles. The third-order valence-corrected chi connectivity index (χ3v) is 5.27. The van der Waals surface area contributed by atoms with E-state index >= 15 is 0 Å². The number of hydrogen-bond donors (Lipinski definition) is 1. The SMILES string of the molecule is CCc1cnc2c(c1N1CCCCC1CCO)c(=O)n(C)c(=O)n2C. The second-order valence-corrected chi connectivity index (χ2v) is 6.75. The minimum atomic E-state index is -0.370. The van der Waals surface area contributed by atoms with Crippen molar-refractivity contribution >= 4 is 16.7 Å². The molecule has 3 rings (SSSR count). The molecule has 1 atom stereocenters. The molecule has 0 amide bonds. The second-order valence-electron chi connectivity index (χ2n) is 6.75. The molecule has 0 spiro atoms. The van der Waals surface area contributed by atoms with E-state index in [1.807, 2.05) is 6.92 Å². The highest BCUT2D eigenvalue weighted by Gasteiger charge is 2.27. The molecule has 136 valence electrons. The number of fused-ring (bicyclic) bond motifs is 1. The van der Waals surface area contributed by atoms with Crippen LogP contribution in [0.3, 0.4) is 0 Å². The van der Waals surface area contributed by atoms with Crippen LogP contribution in [0, 0.1) is 0 Å². The molecule has 1 aliphatic heterocycles. The van der Waals surface area contributed by atoms with E-state index in [-0.39, 0.29) is 23.9 Å². The lowest BCUT2D eigenvalue weighted by molar-refractivity contribution is 0.262. The summed E-state index contributed by atoms with van der Waals surface area (Å²) < 4.78 is 2.59. The van der Waals surface area contributed by atoms with E-state index in [1.165, 1.54) is 11.6 Å². The molecule has 1 fully saturated rings. The summed E-state index contributed by atoms with van der Waals surface area (Å²) in [7, 11) is 3.15. The molecule has 7 heteroatoms. The van der Waals surface area contributed by atoms with Crippen molar-refractivity contribution in [2.45, 2.75) is 45.1 Å². The largest absolute Gasteiger partial charge is 0.396 e. The van der Waals surface area contributed by atoms with E-state index in [0.717, 1.165) is 48.0 Å². The van der Waals surface area contributed by atoms with Gasteiger partial charge in [-0.2, -0.15) is 0 Å². The van der Waals surface area contributed by atoms with Gasteiger partial charge in [0.2, 0.25) is 0 Å². The van der Waals surface area contributed by atoms with Crippen molar-refractivity contribution in [3.05, 3.63) is 32.6 Å². The standard InChI is InChI=1S/C18H26N4O3/c1-4-12-11-19-16-14(17(24)21(3)18(25)20(16)2)15(12)22-9-6-5-7-13(22)8-10-23/h11,13,23H,4-10H2,1-3H3. The van der Waals surface area contributed by atoms with E-state index in [0.29, 0.717) is 17.5 Å². The van der Waals surface area contributed by atoms with Crippen molar-refractivity contribution in [2.24, 2.45) is 14.1 Å². The first-order chi connectivity index (χ1) is 12.0. The fourth-order valence-electron chi connectivity index (χ4n) is 3.88. The number of aliphatic hydroxyl groups is 1. The quantitative estimate of drug-likeness (QED) is 0.891. The third kappa shape index (κ3) is 2.86. The van der Waals surface area contributed by atoms with Crippen LogP contribution >= 0.6 is 0 Å². The summed E-state index contributed by atoms with van der Waals surface area (Å²) in [5.41, 5.74) is 1.65. The van der Waals surface area contributed by atoms with Gasteiger partial charge in [0.15, 0.2) is 5.65 Å². The van der Waals surface area contributed by atoms with Crippen LogP contribution in [0.2, 0.25) is 0 Å². The summed E-state index contributed by atoms with van der Waals surface area (Å²) in [6, 6.07) is 0.205. The minimum absolute atomic E-state index is 0.127. The van der Waals surface area contributed by atoms with E-state index in [1.54, 1.807) is 13.2 Å². The summed E-state index contributed by atoms with van der Waals surface area (Å²) in [4.78, 5) is 31.9. The predicted molar refractivity (Wildman–Crippen MR) is 98.3 cm³/mol. The van der Waals surface area contributed by atoms with Gasteiger partial charge in [0.25, 0.3) is 5.56 Å². The predicted octanol–water partition coefficient (Wildman–Crippen LogP) is 0.936. The van der Waals surface area contributed by atoms with Gasteiger partial charge in [0.05, 0.1) is 5.69 Å². The minimum Gasteiger partial charge on any atom is -0.396 e. The molecule has 0 radical (unpaired) electrons. The molecule has 2 aromatic rings. The number of pyridine rings is 1. The number of aromatic nitrogens is 3. The first-order valence-corrected chi connectivity index (χ1v) is 8.96. The Hall–Kier alpha value is -2.15. The first kappa shape index (κ1) is 17.7. The van der Waals surface area contributed by atoms with Crippen molar-refractivity contribution in [3.8, 4) is 0 Å². The van der Waals surface area contributed by atoms with E-state index in [4.69, 9.17) is 0 Å². The zero-order valence-electron chi connectivity index (χ0n) is 15.2. The zero-order valence-corrected chi connectivity index (χ0v) is 15.2. The Morgan fingerprint density at radius 2 is 2.00 bits per heavy atom. The van der Waals surface area contributed by atoms with Crippen LogP contribution in [0.25, 0.3) is 11.0 Å². The number of anilines is 1. The average Bonchev–Trinajstić information content (AvgIpc) is 2.64. The van der Waals surface area contributed by atoms with Gasteiger partial charge in [-0.25, -0.2) is 9.78 Å². The molecule has 0 bridgehead atoms. The van der Waals surface area contributed by atoms with Crippen LogP contribution in [-0.2, 0) is 20.5 Å². The number of aliphatic hydroxyl groups excluding tert-OH is 1. The summed E-state index contributed by atoms with van der Waals surface area (Å²) in [5, 5.41) is 9.96. The maximum atomic E-state index is 12.9. The van der Waals surface area contributed by atoms with Gasteiger partial charge >= 0.3 is 5.69 Å². The van der Waals surface area contributed by atoms with Gasteiger partial charge in [-0.05, 0) is 37.7 Å². The summed E-state index contributed by atoms with van der Waals surface area (Å²) in [6.45, 7) is 3.02. The van der Waals surface area contributed by atoms with Crippen LogP contribution in [0.1, 0.15) is 38.2 Å². The van der Waals surface area contributed by atoms with Crippen LogP contribution in [0.4, 0.5) is 5.69 Å². The van der Waals surface area contributed by atoms with Gasteiger partial charge in [0, 0.05) is 39.5 Å². The Labute approximate surface area is 146 Å². The number of nitrogens with zero attached hydrogens (tertiary/aromatic N) is 4. The molecule has 25 heavy (non-hydrogen) atoms. The van der Waals surface area contributed by atoms with Gasteiger partial charge < -0.3 is 10.0 Å². The highest BCUT2D eigenvalue weighted by molar-refractivity contribution is 5.91. The van der Waals surface area contributed by atoms with Crippen molar-refractivity contribution in [1.29, 1.82) is 0 Å². The number of rotatable bonds is 4. The lowest BCUT2D eigenvalue weighted by Gasteiger charge is -2.39. The van der Waals surface area contributed by atoms with Crippen molar-refractivity contribution in [1.82, 2.24) is 14.1 Å². The monoisotopic (exact) mass is 346 g/mol. The molecule has 1 unspecified atom stereocenters. The van der Waals surface area contributed by atoms with Gasteiger partial charge in [-0.3, -0.25) is 13.9 Å². The Morgan fingerprint density at radius 1 is 1.24 bits per heavy atom. The summed E-state index contributed by atoms with van der Waals surface area (Å²) in [5.74, 6) is 0. The highest BCUT2D eigenvalue weighted by Crippen LogP contribution is 2.33. The Morgan fingerprint density at radius 3 is 2.68 bits per heavy atom. The maximum absolute atomic E-state index is 12.9. The molecule has 7 nitrogen and oxygen atoms in total. The van der Waals surface area contributed by atoms with Gasteiger partial charge in [-0.15, -0.1) is 0 Å². The fraction of sp³-hybridized carbons (Fsp3) is 0.611. The number of piperidine rings is 1. The fourth-order valence-corrected chi connectivity index (χ4v) is 3.88. The van der Waals surface area contributed by atoms with Crippen LogP contribution in [-0.4, -0.2) is 38.4 Å². The molecule has 1 aliphatic rings. The molecular weight excluding hydrogens is 320 g/mol. The smallest absolute Gasteiger partial charge is 0.332 e. The zero-order chi connectivity index (χ0) is 18.1. The summed E-state index contributed by atoms with van der Waals surface area (Å²) in [6.07, 6.45) is 6.40. The molecule has 0 aliphatic carbocycles. The lowest BCUT2D eigenvalue weighted by atomic mass is 9.96. The molecule has 1 saturated heterocycles.